The Hall–Kier alpha value is -1.84. The first-order chi connectivity index (χ1) is 8.09. The van der Waals surface area contributed by atoms with E-state index in [1.807, 2.05) is 19.9 Å². The monoisotopic (exact) mass is 238 g/mol. The van der Waals surface area contributed by atoms with Crippen LogP contribution in [0.5, 0.6) is 0 Å². The normalized spacial score (nSPS) is 10.9. The van der Waals surface area contributed by atoms with Gasteiger partial charge in [-0.25, -0.2) is 0 Å². The van der Waals surface area contributed by atoms with Crippen LogP contribution in [0.3, 0.4) is 0 Å². The Labute approximate surface area is 101 Å². The van der Waals surface area contributed by atoms with E-state index in [4.69, 9.17) is 10.2 Å². The fourth-order valence-electron chi connectivity index (χ4n) is 1.36. The Balaban J connectivity index is 0.00000121. The summed E-state index contributed by atoms with van der Waals surface area (Å²) in [7, 11) is 0. The predicted octanol–water partition coefficient (Wildman–Crippen LogP) is 2.43. The number of hydrogen-bond acceptors (Lipinski definition) is 2. The number of benzene rings is 1. The lowest BCUT2D eigenvalue weighted by atomic mass is 9.96. The molecule has 4 nitrogen and oxygen atoms in total. The minimum Gasteiger partial charge on any atom is -0.481 e. The van der Waals surface area contributed by atoms with Crippen molar-refractivity contribution in [3.8, 4) is 0 Å². The minimum absolute atomic E-state index is 0.252. The standard InChI is InChI=1S/C11H12O4.C2H6/c12-10(13)7-9(11(14)15)6-8-4-2-1-3-5-8;1-2/h1-5,9H,6-7H2,(H,12,13)(H,14,15);1-2H3. The number of carbonyl (C=O) groups is 2. The van der Waals surface area contributed by atoms with Crippen LogP contribution in [0, 0.1) is 5.92 Å². The quantitative estimate of drug-likeness (QED) is 0.826. The van der Waals surface area contributed by atoms with Crippen molar-refractivity contribution in [3.05, 3.63) is 35.9 Å². The second kappa shape index (κ2) is 8.33. The summed E-state index contributed by atoms with van der Waals surface area (Å²) >= 11 is 0. The van der Waals surface area contributed by atoms with Crippen LogP contribution >= 0.6 is 0 Å². The summed E-state index contributed by atoms with van der Waals surface area (Å²) < 4.78 is 0. The first kappa shape index (κ1) is 15.2. The molecule has 0 spiro atoms. The molecule has 0 aliphatic rings. The van der Waals surface area contributed by atoms with Gasteiger partial charge in [0.15, 0.2) is 0 Å². The molecule has 94 valence electrons. The molecule has 0 radical (unpaired) electrons. The van der Waals surface area contributed by atoms with E-state index in [9.17, 15) is 9.59 Å². The summed E-state index contributed by atoms with van der Waals surface area (Å²) in [6, 6.07) is 9.01. The summed E-state index contributed by atoms with van der Waals surface area (Å²) in [5, 5.41) is 17.4. The van der Waals surface area contributed by atoms with Gasteiger partial charge < -0.3 is 10.2 Å². The molecule has 17 heavy (non-hydrogen) atoms. The highest BCUT2D eigenvalue weighted by Gasteiger charge is 2.20. The molecular weight excluding hydrogens is 220 g/mol. The van der Waals surface area contributed by atoms with Crippen LogP contribution in [0.2, 0.25) is 0 Å². The largest absolute Gasteiger partial charge is 0.481 e. The van der Waals surface area contributed by atoms with Gasteiger partial charge in [0.1, 0.15) is 0 Å². The third kappa shape index (κ3) is 6.35. The Morgan fingerprint density at radius 3 is 2.06 bits per heavy atom. The third-order valence-corrected chi connectivity index (χ3v) is 2.10. The molecule has 0 aliphatic carbocycles. The van der Waals surface area contributed by atoms with Gasteiger partial charge in [-0.3, -0.25) is 9.59 Å². The van der Waals surface area contributed by atoms with Crippen LogP contribution in [0.15, 0.2) is 30.3 Å². The highest BCUT2D eigenvalue weighted by molar-refractivity contribution is 5.77. The number of hydrogen-bond donors (Lipinski definition) is 2. The van der Waals surface area contributed by atoms with Gasteiger partial charge in [0.25, 0.3) is 0 Å². The molecule has 0 heterocycles. The van der Waals surface area contributed by atoms with Crippen molar-refractivity contribution in [1.29, 1.82) is 0 Å². The second-order valence-corrected chi connectivity index (χ2v) is 3.32. The van der Waals surface area contributed by atoms with Crippen LogP contribution < -0.4 is 0 Å². The molecular formula is C13H18O4. The Morgan fingerprint density at radius 2 is 1.65 bits per heavy atom. The van der Waals surface area contributed by atoms with Gasteiger partial charge in [0.05, 0.1) is 12.3 Å². The number of carboxylic acids is 2. The minimum atomic E-state index is -1.08. The van der Waals surface area contributed by atoms with Crippen molar-refractivity contribution >= 4 is 11.9 Å². The van der Waals surface area contributed by atoms with Crippen LogP contribution in [0.1, 0.15) is 25.8 Å². The summed E-state index contributed by atoms with van der Waals surface area (Å²) in [4.78, 5) is 21.2. The maximum Gasteiger partial charge on any atom is 0.307 e. The van der Waals surface area contributed by atoms with E-state index in [1.54, 1.807) is 24.3 Å². The fraction of sp³-hybridized carbons (Fsp3) is 0.385. The van der Waals surface area contributed by atoms with Gasteiger partial charge in [-0.2, -0.15) is 0 Å². The van der Waals surface area contributed by atoms with Gasteiger partial charge in [-0.1, -0.05) is 44.2 Å². The maximum atomic E-state index is 10.8. The fourth-order valence-corrected chi connectivity index (χ4v) is 1.36. The van der Waals surface area contributed by atoms with E-state index < -0.39 is 17.9 Å². The van der Waals surface area contributed by atoms with Gasteiger partial charge in [0, 0.05) is 0 Å². The van der Waals surface area contributed by atoms with E-state index in [2.05, 4.69) is 0 Å². The Morgan fingerprint density at radius 1 is 1.12 bits per heavy atom. The van der Waals surface area contributed by atoms with E-state index in [0.29, 0.717) is 0 Å². The smallest absolute Gasteiger partial charge is 0.307 e. The average molecular weight is 238 g/mol. The molecule has 0 bridgehead atoms. The van der Waals surface area contributed by atoms with E-state index in [-0.39, 0.29) is 12.8 Å². The van der Waals surface area contributed by atoms with Crippen molar-refractivity contribution in [3.63, 3.8) is 0 Å². The van der Waals surface area contributed by atoms with Crippen LogP contribution in [-0.4, -0.2) is 22.2 Å². The highest BCUT2D eigenvalue weighted by atomic mass is 16.4. The van der Waals surface area contributed by atoms with E-state index in [0.717, 1.165) is 5.56 Å². The Bertz CT molecular complexity index is 346. The second-order valence-electron chi connectivity index (χ2n) is 3.32. The molecule has 1 atom stereocenters. The van der Waals surface area contributed by atoms with Crippen molar-refractivity contribution in [1.82, 2.24) is 0 Å². The topological polar surface area (TPSA) is 74.6 Å². The average Bonchev–Trinajstić information content (AvgIpc) is 2.31. The molecule has 0 fully saturated rings. The summed E-state index contributed by atoms with van der Waals surface area (Å²) in [5.41, 5.74) is 0.839. The molecule has 0 aromatic heterocycles. The van der Waals surface area contributed by atoms with Crippen LogP contribution in [0.25, 0.3) is 0 Å². The number of rotatable bonds is 5. The zero-order chi connectivity index (χ0) is 13.3. The molecule has 0 aliphatic heterocycles. The van der Waals surface area contributed by atoms with Crippen molar-refractivity contribution in [2.75, 3.05) is 0 Å². The molecule has 1 aromatic rings. The lowest BCUT2D eigenvalue weighted by molar-refractivity contribution is -0.148. The van der Waals surface area contributed by atoms with Crippen molar-refractivity contribution in [2.24, 2.45) is 5.92 Å². The molecule has 1 rings (SSSR count). The SMILES string of the molecule is CC.O=C(O)CC(Cc1ccccc1)C(=O)O. The number of carboxylic acid groups (broad SMARTS) is 2. The van der Waals surface area contributed by atoms with E-state index in [1.165, 1.54) is 0 Å². The van der Waals surface area contributed by atoms with Gasteiger partial charge in [-0.05, 0) is 12.0 Å². The lowest BCUT2D eigenvalue weighted by Crippen LogP contribution is -2.20. The molecule has 2 N–H and O–H groups in total. The van der Waals surface area contributed by atoms with Gasteiger partial charge in [0.2, 0.25) is 0 Å². The highest BCUT2D eigenvalue weighted by Crippen LogP contribution is 2.12. The van der Waals surface area contributed by atoms with Gasteiger partial charge >= 0.3 is 11.9 Å². The molecule has 0 saturated heterocycles. The maximum absolute atomic E-state index is 10.8. The van der Waals surface area contributed by atoms with Crippen molar-refractivity contribution in [2.45, 2.75) is 26.7 Å². The first-order valence-corrected chi connectivity index (χ1v) is 5.58. The van der Waals surface area contributed by atoms with Gasteiger partial charge in [-0.15, -0.1) is 0 Å². The molecule has 1 unspecified atom stereocenters. The molecule has 1 aromatic carbocycles. The molecule has 0 saturated carbocycles. The van der Waals surface area contributed by atoms with Crippen LogP contribution in [0.4, 0.5) is 0 Å². The summed E-state index contributed by atoms with van der Waals surface area (Å²) in [6.45, 7) is 4.00. The molecule has 4 heteroatoms. The Kier molecular flexibility index (Phi) is 7.43. The van der Waals surface area contributed by atoms with Crippen LogP contribution in [-0.2, 0) is 16.0 Å². The number of aliphatic carboxylic acids is 2. The van der Waals surface area contributed by atoms with E-state index >= 15 is 0 Å². The molecule has 0 amide bonds. The lowest BCUT2D eigenvalue weighted by Gasteiger charge is -2.09. The zero-order valence-corrected chi connectivity index (χ0v) is 10.1. The van der Waals surface area contributed by atoms with Crippen molar-refractivity contribution < 1.29 is 19.8 Å². The first-order valence-electron chi connectivity index (χ1n) is 5.58. The third-order valence-electron chi connectivity index (χ3n) is 2.10. The summed E-state index contributed by atoms with van der Waals surface area (Å²) in [5.74, 6) is -3.01. The zero-order valence-electron chi connectivity index (χ0n) is 10.1. The predicted molar refractivity (Wildman–Crippen MR) is 64.9 cm³/mol. The summed E-state index contributed by atoms with van der Waals surface area (Å²) in [6.07, 6.45) is -0.0906.